The average molecular weight is 423 g/mol. The molecule has 0 radical (unpaired) electrons. The third-order valence-electron chi connectivity index (χ3n) is 9.21. The largest absolute Gasteiger partial charge is 0.462 e. The number of hydrogen-bond donors (Lipinski definition) is 0. The predicted molar refractivity (Wildman–Crippen MR) is 119 cm³/mol. The van der Waals surface area contributed by atoms with Gasteiger partial charge in [0.2, 0.25) is 0 Å². The lowest BCUT2D eigenvalue weighted by molar-refractivity contribution is -0.148. The molecule has 0 bridgehead atoms. The Hall–Kier alpha value is -2.17. The molecule has 31 heavy (non-hydrogen) atoms. The van der Waals surface area contributed by atoms with Crippen LogP contribution in [0.2, 0.25) is 0 Å². The van der Waals surface area contributed by atoms with Crippen LogP contribution < -0.4 is 0 Å². The number of rotatable bonds is 2. The van der Waals surface area contributed by atoms with E-state index >= 15 is 0 Å². The number of esters is 1. The number of ether oxygens (including phenoxy) is 1. The van der Waals surface area contributed by atoms with Gasteiger partial charge >= 0.3 is 5.97 Å². The number of nitrogens with zero attached hydrogens (tertiary/aromatic N) is 2. The van der Waals surface area contributed by atoms with Gasteiger partial charge in [0.25, 0.3) is 0 Å². The Labute approximate surface area is 184 Å². The van der Waals surface area contributed by atoms with Crippen LogP contribution in [0.25, 0.3) is 6.08 Å². The first-order valence-electron chi connectivity index (χ1n) is 11.8. The van der Waals surface area contributed by atoms with Gasteiger partial charge in [-0.15, -0.1) is 0 Å². The smallest absolute Gasteiger partial charge is 0.302 e. The normalized spacial score (nSPS) is 40.7. The van der Waals surface area contributed by atoms with Crippen molar-refractivity contribution in [2.75, 3.05) is 0 Å². The van der Waals surface area contributed by atoms with E-state index in [9.17, 15) is 9.59 Å². The maximum atomic E-state index is 13.5. The summed E-state index contributed by atoms with van der Waals surface area (Å²) in [5.41, 5.74) is 3.42. The van der Waals surface area contributed by atoms with Crippen molar-refractivity contribution < 1.29 is 14.3 Å². The summed E-state index contributed by atoms with van der Waals surface area (Å²) >= 11 is 0. The minimum atomic E-state index is -0.234. The van der Waals surface area contributed by atoms with Crippen LogP contribution in [0.5, 0.6) is 0 Å². The topological polar surface area (TPSA) is 61.2 Å². The van der Waals surface area contributed by atoms with E-state index in [1.165, 1.54) is 12.5 Å². The molecule has 6 atom stereocenters. The van der Waals surface area contributed by atoms with Gasteiger partial charge in [0.1, 0.15) is 6.10 Å². The van der Waals surface area contributed by atoms with Crippen LogP contribution >= 0.6 is 0 Å². The molecular weight excluding hydrogens is 388 g/mol. The van der Waals surface area contributed by atoms with Crippen LogP contribution in [-0.2, 0) is 21.4 Å². The van der Waals surface area contributed by atoms with Gasteiger partial charge in [-0.25, -0.2) is 0 Å². The molecule has 0 aliphatic heterocycles. The highest BCUT2D eigenvalue weighted by atomic mass is 16.5. The van der Waals surface area contributed by atoms with Crippen molar-refractivity contribution in [2.45, 2.75) is 71.8 Å². The predicted octanol–water partition coefficient (Wildman–Crippen LogP) is 4.88. The summed E-state index contributed by atoms with van der Waals surface area (Å²) in [4.78, 5) is 25.0. The van der Waals surface area contributed by atoms with Gasteiger partial charge in [-0.05, 0) is 79.4 Å². The van der Waals surface area contributed by atoms with Crippen LogP contribution in [0.15, 0.2) is 29.5 Å². The van der Waals surface area contributed by atoms with Gasteiger partial charge in [-0.3, -0.25) is 14.3 Å². The Morgan fingerprint density at radius 3 is 2.68 bits per heavy atom. The molecule has 5 rings (SSSR count). The van der Waals surface area contributed by atoms with Crippen LogP contribution in [0.1, 0.15) is 71.4 Å². The van der Waals surface area contributed by atoms with Crippen molar-refractivity contribution >= 4 is 17.8 Å². The quantitative estimate of drug-likeness (QED) is 0.387. The summed E-state index contributed by atoms with van der Waals surface area (Å²) < 4.78 is 7.39. The van der Waals surface area contributed by atoms with Crippen molar-refractivity contribution in [1.82, 2.24) is 9.78 Å². The van der Waals surface area contributed by atoms with Gasteiger partial charge in [0.15, 0.2) is 5.78 Å². The molecule has 3 fully saturated rings. The minimum absolute atomic E-state index is 0.0312. The first kappa shape index (κ1) is 20.7. The maximum absolute atomic E-state index is 13.5. The molecule has 0 amide bonds. The van der Waals surface area contributed by atoms with Gasteiger partial charge in [0, 0.05) is 32.0 Å². The molecule has 4 aliphatic rings. The minimum Gasteiger partial charge on any atom is -0.462 e. The lowest BCUT2D eigenvalue weighted by Crippen LogP contribution is -2.50. The number of carbonyl (C=O) groups excluding carboxylic acids is 2. The number of hydrogen-bond acceptors (Lipinski definition) is 4. The molecule has 0 unspecified atom stereocenters. The number of aromatic nitrogens is 2. The Balaban J connectivity index is 1.43. The summed E-state index contributed by atoms with van der Waals surface area (Å²) in [6.45, 7) is 6.17. The van der Waals surface area contributed by atoms with Crippen molar-refractivity contribution in [1.29, 1.82) is 0 Å². The fraction of sp³-hybridized carbons (Fsp3) is 0.654. The molecule has 1 aromatic rings. The SMILES string of the molecule is CC(=O)O[C@H]1CC[C@@]2(C)C(=CC[C@@H]3[C@H]4C/C(=C\c5ccnn5C)C(=O)[C@]4(C)CC[C@H]32)C1. The second-order valence-electron chi connectivity index (χ2n) is 10.8. The van der Waals surface area contributed by atoms with Crippen LogP contribution in [0.3, 0.4) is 0 Å². The lowest BCUT2D eigenvalue weighted by Gasteiger charge is -2.56. The summed E-state index contributed by atoms with van der Waals surface area (Å²) in [5.74, 6) is 1.77. The van der Waals surface area contributed by atoms with E-state index in [-0.39, 0.29) is 22.9 Å². The fourth-order valence-corrected chi connectivity index (χ4v) is 7.47. The summed E-state index contributed by atoms with van der Waals surface area (Å²) in [5, 5.41) is 4.26. The highest BCUT2D eigenvalue weighted by Crippen LogP contribution is 2.64. The average Bonchev–Trinajstić information content (AvgIpc) is 3.23. The van der Waals surface area contributed by atoms with E-state index in [1.54, 1.807) is 6.20 Å². The standard InChI is InChI=1S/C26H34N2O3/c1-16(29)31-20-7-10-25(2)18(15-20)5-6-21-22(25)8-11-26(3)23(21)14-17(24(26)30)13-19-9-12-27-28(19)4/h5,9,12-13,20-23H,6-8,10-11,14-15H2,1-4H3/b17-13+/t20-,21-,22+,23+,25-,26+/m0/s1. The Morgan fingerprint density at radius 1 is 1.19 bits per heavy atom. The van der Waals surface area contributed by atoms with E-state index in [0.717, 1.165) is 56.2 Å². The molecule has 1 heterocycles. The van der Waals surface area contributed by atoms with E-state index in [2.05, 4.69) is 31.1 Å². The molecule has 5 nitrogen and oxygen atoms in total. The van der Waals surface area contributed by atoms with E-state index in [1.807, 2.05) is 17.8 Å². The van der Waals surface area contributed by atoms with Crippen molar-refractivity contribution in [3.8, 4) is 0 Å². The zero-order valence-corrected chi connectivity index (χ0v) is 19.2. The van der Waals surface area contributed by atoms with Crippen molar-refractivity contribution in [3.05, 3.63) is 35.2 Å². The first-order chi connectivity index (χ1) is 14.7. The number of Topliss-reactive ketones (excluding diaryl/α,β-unsaturated/α-hetero) is 1. The van der Waals surface area contributed by atoms with Gasteiger partial charge in [-0.1, -0.05) is 25.5 Å². The number of ketones is 1. The highest BCUT2D eigenvalue weighted by Gasteiger charge is 2.60. The molecule has 3 saturated carbocycles. The molecule has 4 aliphatic carbocycles. The zero-order valence-electron chi connectivity index (χ0n) is 19.2. The van der Waals surface area contributed by atoms with Crippen LogP contribution in [0.4, 0.5) is 0 Å². The van der Waals surface area contributed by atoms with E-state index in [4.69, 9.17) is 4.74 Å². The Kier molecular flexibility index (Phi) is 4.80. The fourth-order valence-electron chi connectivity index (χ4n) is 7.47. The molecule has 0 spiro atoms. The molecular formula is C26H34N2O3. The van der Waals surface area contributed by atoms with Crippen LogP contribution in [-0.4, -0.2) is 27.6 Å². The third-order valence-corrected chi connectivity index (χ3v) is 9.21. The molecule has 0 saturated heterocycles. The van der Waals surface area contributed by atoms with Crippen LogP contribution in [0, 0.1) is 28.6 Å². The second kappa shape index (κ2) is 7.18. The number of allylic oxidation sites excluding steroid dienone is 2. The van der Waals surface area contributed by atoms with Gasteiger partial charge in [-0.2, -0.15) is 5.10 Å². The molecule has 0 aromatic carbocycles. The molecule has 5 heteroatoms. The summed E-state index contributed by atoms with van der Waals surface area (Å²) in [6, 6.07) is 1.98. The molecule has 1 aromatic heterocycles. The van der Waals surface area contributed by atoms with Crippen molar-refractivity contribution in [2.24, 2.45) is 35.6 Å². The number of fused-ring (bicyclic) bond motifs is 5. The maximum Gasteiger partial charge on any atom is 0.302 e. The first-order valence-corrected chi connectivity index (χ1v) is 11.8. The Bertz CT molecular complexity index is 989. The van der Waals surface area contributed by atoms with E-state index < -0.39 is 0 Å². The van der Waals surface area contributed by atoms with Gasteiger partial charge in [0.05, 0.1) is 5.69 Å². The zero-order chi connectivity index (χ0) is 22.0. The van der Waals surface area contributed by atoms with Gasteiger partial charge < -0.3 is 4.74 Å². The highest BCUT2D eigenvalue weighted by molar-refractivity contribution is 6.05. The number of aryl methyl sites for hydroxylation is 1. The monoisotopic (exact) mass is 422 g/mol. The number of carbonyl (C=O) groups is 2. The lowest BCUT2D eigenvalue weighted by atomic mass is 9.48. The Morgan fingerprint density at radius 2 is 1.97 bits per heavy atom. The van der Waals surface area contributed by atoms with Crippen molar-refractivity contribution in [3.63, 3.8) is 0 Å². The second-order valence-corrected chi connectivity index (χ2v) is 10.8. The van der Waals surface area contributed by atoms with E-state index in [0.29, 0.717) is 23.5 Å². The molecule has 0 N–H and O–H groups in total. The summed E-state index contributed by atoms with van der Waals surface area (Å²) in [6.07, 6.45) is 13.3. The summed E-state index contributed by atoms with van der Waals surface area (Å²) in [7, 11) is 1.93. The third kappa shape index (κ3) is 3.15. The molecule has 166 valence electrons.